The van der Waals surface area contributed by atoms with E-state index in [-0.39, 0.29) is 18.8 Å². The van der Waals surface area contributed by atoms with Gasteiger partial charge < -0.3 is 14.9 Å². The Morgan fingerprint density at radius 2 is 2.05 bits per heavy atom. The summed E-state index contributed by atoms with van der Waals surface area (Å²) < 4.78 is 5.59. The van der Waals surface area contributed by atoms with E-state index in [4.69, 9.17) is 10.00 Å². The van der Waals surface area contributed by atoms with Crippen molar-refractivity contribution in [3.05, 3.63) is 35.9 Å². The second-order valence-corrected chi connectivity index (χ2v) is 5.30. The predicted molar refractivity (Wildman–Crippen MR) is 70.0 cm³/mol. The third kappa shape index (κ3) is 3.77. The van der Waals surface area contributed by atoms with Crippen LogP contribution in [0.1, 0.15) is 24.8 Å². The minimum Gasteiger partial charge on any atom is -0.393 e. The van der Waals surface area contributed by atoms with E-state index < -0.39 is 11.7 Å². The minimum absolute atomic E-state index is 0.0687. The van der Waals surface area contributed by atoms with E-state index in [2.05, 4.69) is 0 Å². The summed E-state index contributed by atoms with van der Waals surface area (Å²) in [6, 6.07) is 11.8. The van der Waals surface area contributed by atoms with E-state index in [1.807, 2.05) is 36.4 Å². The SMILES string of the molecule is N#CCC1(O)CC(O)C(COCc2ccccc2)C1. The van der Waals surface area contributed by atoms with E-state index in [1.165, 1.54) is 0 Å². The Hall–Kier alpha value is -1.41. The summed E-state index contributed by atoms with van der Waals surface area (Å²) >= 11 is 0. The van der Waals surface area contributed by atoms with Crippen molar-refractivity contribution < 1.29 is 14.9 Å². The zero-order valence-electron chi connectivity index (χ0n) is 10.8. The molecule has 0 aromatic heterocycles. The molecular formula is C15H19NO3. The lowest BCUT2D eigenvalue weighted by Crippen LogP contribution is -2.24. The summed E-state index contributed by atoms with van der Waals surface area (Å²) in [6.45, 7) is 0.907. The van der Waals surface area contributed by atoms with E-state index in [9.17, 15) is 10.2 Å². The fraction of sp³-hybridized carbons (Fsp3) is 0.533. The van der Waals surface area contributed by atoms with Crippen LogP contribution in [0, 0.1) is 17.2 Å². The molecule has 1 aromatic carbocycles. The summed E-state index contributed by atoms with van der Waals surface area (Å²) in [5.41, 5.74) is 0.0388. The minimum atomic E-state index is -1.05. The molecule has 4 nitrogen and oxygen atoms in total. The number of aliphatic hydroxyl groups excluding tert-OH is 1. The maximum atomic E-state index is 10.1. The lowest BCUT2D eigenvalue weighted by molar-refractivity contribution is 0.0347. The monoisotopic (exact) mass is 261 g/mol. The van der Waals surface area contributed by atoms with Crippen LogP contribution < -0.4 is 0 Å². The van der Waals surface area contributed by atoms with Gasteiger partial charge in [-0.25, -0.2) is 0 Å². The van der Waals surface area contributed by atoms with Crippen molar-refractivity contribution in [3.8, 4) is 6.07 Å². The molecule has 1 aromatic rings. The van der Waals surface area contributed by atoms with Crippen molar-refractivity contribution in [1.82, 2.24) is 0 Å². The first-order valence-electron chi connectivity index (χ1n) is 6.52. The third-order valence-electron chi connectivity index (χ3n) is 3.63. The molecule has 19 heavy (non-hydrogen) atoms. The van der Waals surface area contributed by atoms with Crippen molar-refractivity contribution >= 4 is 0 Å². The van der Waals surface area contributed by atoms with Gasteiger partial charge >= 0.3 is 0 Å². The van der Waals surface area contributed by atoms with Crippen LogP contribution >= 0.6 is 0 Å². The van der Waals surface area contributed by atoms with Gasteiger partial charge in [0.25, 0.3) is 0 Å². The van der Waals surface area contributed by atoms with Gasteiger partial charge in [0.15, 0.2) is 0 Å². The zero-order valence-corrected chi connectivity index (χ0v) is 10.8. The first kappa shape index (κ1) is 14.0. The van der Waals surface area contributed by atoms with Crippen LogP contribution in [0.4, 0.5) is 0 Å². The van der Waals surface area contributed by atoms with Crippen LogP contribution in [0.25, 0.3) is 0 Å². The van der Waals surface area contributed by atoms with Crippen molar-refractivity contribution in [3.63, 3.8) is 0 Å². The fourth-order valence-corrected chi connectivity index (χ4v) is 2.63. The van der Waals surface area contributed by atoms with Crippen molar-refractivity contribution in [2.45, 2.75) is 37.6 Å². The molecule has 1 fully saturated rings. The summed E-state index contributed by atoms with van der Waals surface area (Å²) in [5.74, 6) is -0.0953. The van der Waals surface area contributed by atoms with Crippen LogP contribution in [0.5, 0.6) is 0 Å². The Bertz CT molecular complexity index is 442. The highest BCUT2D eigenvalue weighted by atomic mass is 16.5. The molecule has 1 aliphatic rings. The topological polar surface area (TPSA) is 73.5 Å². The molecule has 102 valence electrons. The highest BCUT2D eigenvalue weighted by Gasteiger charge is 2.43. The molecule has 0 saturated heterocycles. The number of nitriles is 1. The molecule has 0 amide bonds. The van der Waals surface area contributed by atoms with E-state index >= 15 is 0 Å². The second-order valence-electron chi connectivity index (χ2n) is 5.30. The normalized spacial score (nSPS) is 30.2. The second kappa shape index (κ2) is 6.16. The van der Waals surface area contributed by atoms with Crippen LogP contribution in [0.3, 0.4) is 0 Å². The number of ether oxygens (including phenoxy) is 1. The van der Waals surface area contributed by atoms with E-state index in [0.717, 1.165) is 5.56 Å². The Kier molecular flexibility index (Phi) is 4.54. The van der Waals surface area contributed by atoms with E-state index in [1.54, 1.807) is 0 Å². The van der Waals surface area contributed by atoms with Crippen molar-refractivity contribution in [2.24, 2.45) is 5.92 Å². The van der Waals surface area contributed by atoms with Gasteiger partial charge in [0, 0.05) is 12.3 Å². The average Bonchev–Trinajstić information content (AvgIpc) is 2.66. The van der Waals surface area contributed by atoms with Crippen molar-refractivity contribution in [2.75, 3.05) is 6.61 Å². The van der Waals surface area contributed by atoms with Gasteiger partial charge in [-0.3, -0.25) is 0 Å². The van der Waals surface area contributed by atoms with Gasteiger partial charge in [-0.1, -0.05) is 30.3 Å². The number of hydrogen-bond donors (Lipinski definition) is 2. The number of nitrogens with zero attached hydrogens (tertiary/aromatic N) is 1. The maximum Gasteiger partial charge on any atom is 0.0806 e. The number of benzene rings is 1. The van der Waals surface area contributed by atoms with Gasteiger partial charge in [0.05, 0.1) is 37.4 Å². The van der Waals surface area contributed by atoms with Gasteiger partial charge in [0.2, 0.25) is 0 Å². The Morgan fingerprint density at radius 1 is 1.32 bits per heavy atom. The van der Waals surface area contributed by atoms with Gasteiger partial charge in [-0.15, -0.1) is 0 Å². The number of aliphatic hydroxyl groups is 2. The van der Waals surface area contributed by atoms with Crippen LogP contribution in [0.2, 0.25) is 0 Å². The summed E-state index contributed by atoms with van der Waals surface area (Å²) in [4.78, 5) is 0. The van der Waals surface area contributed by atoms with Gasteiger partial charge in [-0.05, 0) is 12.0 Å². The first-order valence-corrected chi connectivity index (χ1v) is 6.52. The molecule has 3 atom stereocenters. The molecule has 2 rings (SSSR count). The van der Waals surface area contributed by atoms with E-state index in [0.29, 0.717) is 19.6 Å². The molecule has 4 heteroatoms. The van der Waals surface area contributed by atoms with Gasteiger partial charge in [-0.2, -0.15) is 5.26 Å². The molecule has 0 aliphatic heterocycles. The molecule has 1 aliphatic carbocycles. The average molecular weight is 261 g/mol. The fourth-order valence-electron chi connectivity index (χ4n) is 2.63. The smallest absolute Gasteiger partial charge is 0.0806 e. The predicted octanol–water partition coefficient (Wildman–Crippen LogP) is 1.62. The van der Waals surface area contributed by atoms with Crippen molar-refractivity contribution in [1.29, 1.82) is 5.26 Å². The standard InChI is InChI=1S/C15H19NO3/c16-7-6-15(18)8-13(14(17)9-15)11-19-10-12-4-2-1-3-5-12/h1-5,13-14,17-18H,6,8-11H2. The molecule has 2 N–H and O–H groups in total. The molecule has 0 spiro atoms. The largest absolute Gasteiger partial charge is 0.393 e. The summed E-state index contributed by atoms with van der Waals surface area (Å²) in [5, 5.41) is 28.7. The number of rotatable bonds is 5. The molecule has 3 unspecified atom stereocenters. The Labute approximate surface area is 113 Å². The summed E-state index contributed by atoms with van der Waals surface area (Å²) in [7, 11) is 0. The third-order valence-corrected chi connectivity index (χ3v) is 3.63. The first-order chi connectivity index (χ1) is 9.13. The van der Waals surface area contributed by atoms with Crippen LogP contribution in [0.15, 0.2) is 30.3 Å². The zero-order chi connectivity index (χ0) is 13.7. The van der Waals surface area contributed by atoms with Gasteiger partial charge in [0.1, 0.15) is 0 Å². The lowest BCUT2D eigenvalue weighted by Gasteiger charge is -2.18. The maximum absolute atomic E-state index is 10.1. The molecule has 0 radical (unpaired) electrons. The highest BCUT2D eigenvalue weighted by Crippen LogP contribution is 2.37. The summed E-state index contributed by atoms with van der Waals surface area (Å²) in [6.07, 6.45) is 0.171. The molecule has 0 bridgehead atoms. The van der Waals surface area contributed by atoms with Crippen LogP contribution in [-0.2, 0) is 11.3 Å². The molecule has 1 saturated carbocycles. The Balaban J connectivity index is 1.79. The quantitative estimate of drug-likeness (QED) is 0.844. The Morgan fingerprint density at radius 3 is 2.74 bits per heavy atom. The highest BCUT2D eigenvalue weighted by molar-refractivity contribution is 5.13. The lowest BCUT2D eigenvalue weighted by atomic mass is 9.97. The molecule has 0 heterocycles. The van der Waals surface area contributed by atoms with Crippen LogP contribution in [-0.4, -0.2) is 28.5 Å². The molecular weight excluding hydrogens is 242 g/mol. The number of hydrogen-bond acceptors (Lipinski definition) is 4.